The molecule has 3 unspecified atom stereocenters. The van der Waals surface area contributed by atoms with Gasteiger partial charge >= 0.3 is 0 Å². The molecule has 2 rings (SSSR count). The molecule has 134 valence electrons. The minimum atomic E-state index is -1.64. The Kier molecular flexibility index (Phi) is 6.65. The van der Waals surface area contributed by atoms with E-state index in [1.54, 1.807) is 11.3 Å². The topological polar surface area (TPSA) is 136 Å². The summed E-state index contributed by atoms with van der Waals surface area (Å²) in [4.78, 5) is 22.3. The van der Waals surface area contributed by atoms with Crippen LogP contribution < -0.4 is 11.5 Å². The number of carbonyl (C=O) groups excluding carboxylic acids is 2. The molecule has 0 aliphatic heterocycles. The molecule has 2 aromatic rings. The number of aliphatic hydroxyl groups is 2. The number of ether oxygens (including phenoxy) is 1. The molecule has 0 saturated heterocycles. The predicted molar refractivity (Wildman–Crippen MR) is 93.4 cm³/mol. The number of hydrogen-bond acceptors (Lipinski definition) is 6. The first-order chi connectivity index (χ1) is 11.9. The highest BCUT2D eigenvalue weighted by molar-refractivity contribution is 7.08. The summed E-state index contributed by atoms with van der Waals surface area (Å²) in [6.45, 7) is 0.0118. The number of nitrogens with two attached hydrogens (primary N) is 2. The van der Waals surface area contributed by atoms with Crippen LogP contribution in [0.3, 0.4) is 0 Å². The van der Waals surface area contributed by atoms with Gasteiger partial charge in [0, 0.05) is 0 Å². The molecule has 8 heteroatoms. The van der Waals surface area contributed by atoms with Crippen LogP contribution in [-0.4, -0.2) is 40.3 Å². The molecule has 0 aliphatic carbocycles. The highest BCUT2D eigenvalue weighted by Crippen LogP contribution is 2.22. The van der Waals surface area contributed by atoms with Gasteiger partial charge in [-0.05, 0) is 33.5 Å². The molecule has 0 spiro atoms. The van der Waals surface area contributed by atoms with Crippen LogP contribution in [0.5, 0.6) is 0 Å². The van der Waals surface area contributed by atoms with E-state index < -0.39 is 36.5 Å². The number of carbonyl (C=O) groups is 2. The fraction of sp³-hybridized carbons (Fsp3) is 0.294. The zero-order valence-electron chi connectivity index (χ0n) is 13.4. The Morgan fingerprint density at radius 2 is 1.76 bits per heavy atom. The molecule has 0 aliphatic rings. The third-order valence-electron chi connectivity index (χ3n) is 3.63. The molecule has 1 aromatic heterocycles. The minimum Gasteiger partial charge on any atom is -0.390 e. The second-order valence-corrected chi connectivity index (χ2v) is 6.35. The lowest BCUT2D eigenvalue weighted by Gasteiger charge is -2.24. The maximum atomic E-state index is 11.5. The maximum Gasteiger partial charge on any atom is 0.249 e. The Balaban J connectivity index is 1.98. The summed E-state index contributed by atoms with van der Waals surface area (Å²) in [5.41, 5.74) is 13.1. The molecule has 1 heterocycles. The Labute approximate surface area is 148 Å². The van der Waals surface area contributed by atoms with Crippen LogP contribution in [0.2, 0.25) is 0 Å². The average molecular weight is 364 g/mol. The molecule has 0 radical (unpaired) electrons. The first-order valence-corrected chi connectivity index (χ1v) is 8.49. The van der Waals surface area contributed by atoms with E-state index in [1.165, 1.54) is 0 Å². The Hall–Kier alpha value is -2.26. The summed E-state index contributed by atoms with van der Waals surface area (Å²) in [7, 11) is 0. The first-order valence-electron chi connectivity index (χ1n) is 7.55. The van der Waals surface area contributed by atoms with Crippen molar-refractivity contribution in [2.45, 2.75) is 31.3 Å². The van der Waals surface area contributed by atoms with Crippen molar-refractivity contribution >= 4 is 23.2 Å². The smallest absolute Gasteiger partial charge is 0.249 e. The fourth-order valence-corrected chi connectivity index (χ4v) is 2.95. The van der Waals surface area contributed by atoms with Gasteiger partial charge in [0.2, 0.25) is 11.8 Å². The van der Waals surface area contributed by atoms with Gasteiger partial charge in [0.25, 0.3) is 0 Å². The lowest BCUT2D eigenvalue weighted by Crippen LogP contribution is -2.48. The van der Waals surface area contributed by atoms with E-state index in [0.717, 1.165) is 16.7 Å². The van der Waals surface area contributed by atoms with Crippen LogP contribution in [0.25, 0.3) is 11.1 Å². The molecule has 0 bridgehead atoms. The van der Waals surface area contributed by atoms with Gasteiger partial charge in [0.15, 0.2) is 6.10 Å². The normalized spacial score (nSPS) is 14.6. The molecule has 1 aromatic carbocycles. The summed E-state index contributed by atoms with van der Waals surface area (Å²) >= 11 is 1.61. The quantitative estimate of drug-likeness (QED) is 0.510. The van der Waals surface area contributed by atoms with Crippen molar-refractivity contribution in [2.24, 2.45) is 11.5 Å². The SMILES string of the molecule is NC(=O)CC(O)C(O)C(OCc1ccc(-c2ccsc2)cc1)C(N)=O. The zero-order chi connectivity index (χ0) is 18.4. The lowest BCUT2D eigenvalue weighted by atomic mass is 10.0. The largest absolute Gasteiger partial charge is 0.390 e. The second-order valence-electron chi connectivity index (χ2n) is 5.57. The van der Waals surface area contributed by atoms with Crippen LogP contribution in [0.4, 0.5) is 0 Å². The Morgan fingerprint density at radius 3 is 2.28 bits per heavy atom. The molecule has 7 nitrogen and oxygen atoms in total. The van der Waals surface area contributed by atoms with Gasteiger partial charge in [0.1, 0.15) is 6.10 Å². The number of hydrogen-bond donors (Lipinski definition) is 4. The van der Waals surface area contributed by atoms with E-state index in [0.29, 0.717) is 0 Å². The van der Waals surface area contributed by atoms with Crippen molar-refractivity contribution in [3.8, 4) is 11.1 Å². The molecule has 0 saturated carbocycles. The molecule has 6 N–H and O–H groups in total. The number of rotatable bonds is 9. The van der Waals surface area contributed by atoms with E-state index in [4.69, 9.17) is 16.2 Å². The van der Waals surface area contributed by atoms with Gasteiger partial charge in [-0.15, -0.1) is 0 Å². The average Bonchev–Trinajstić information content (AvgIpc) is 3.09. The Bertz CT molecular complexity index is 702. The van der Waals surface area contributed by atoms with Crippen LogP contribution in [0.15, 0.2) is 41.1 Å². The number of aliphatic hydroxyl groups excluding tert-OH is 2. The monoisotopic (exact) mass is 364 g/mol. The van der Waals surface area contributed by atoms with Crippen molar-refractivity contribution < 1.29 is 24.5 Å². The van der Waals surface area contributed by atoms with Gasteiger partial charge in [-0.25, -0.2) is 0 Å². The Morgan fingerprint density at radius 1 is 1.08 bits per heavy atom. The highest BCUT2D eigenvalue weighted by Gasteiger charge is 2.32. The van der Waals surface area contributed by atoms with E-state index in [9.17, 15) is 19.8 Å². The van der Waals surface area contributed by atoms with Gasteiger partial charge in [-0.2, -0.15) is 11.3 Å². The summed E-state index contributed by atoms with van der Waals surface area (Å²) in [5.74, 6) is -1.75. The number of primary amides is 2. The standard InChI is InChI=1S/C17H20N2O5S/c18-14(21)7-13(20)15(22)16(17(19)23)24-8-10-1-3-11(4-2-10)12-5-6-25-9-12/h1-6,9,13,15-16,20,22H,7-8H2,(H2,18,21)(H2,19,23). The summed E-state index contributed by atoms with van der Waals surface area (Å²) in [6.07, 6.45) is -5.12. The van der Waals surface area contributed by atoms with Crippen molar-refractivity contribution in [1.82, 2.24) is 0 Å². The highest BCUT2D eigenvalue weighted by atomic mass is 32.1. The number of thiophene rings is 1. The lowest BCUT2D eigenvalue weighted by molar-refractivity contribution is -0.149. The first kappa shape index (κ1) is 19.1. The number of benzene rings is 1. The van der Waals surface area contributed by atoms with Crippen molar-refractivity contribution in [3.63, 3.8) is 0 Å². The third-order valence-corrected chi connectivity index (χ3v) is 4.32. The van der Waals surface area contributed by atoms with Gasteiger partial charge < -0.3 is 26.4 Å². The van der Waals surface area contributed by atoms with E-state index in [-0.39, 0.29) is 6.61 Å². The molecule has 2 amide bonds. The summed E-state index contributed by atoms with van der Waals surface area (Å²) in [5, 5.41) is 23.7. The van der Waals surface area contributed by atoms with Gasteiger partial charge in [0.05, 0.1) is 19.1 Å². The van der Waals surface area contributed by atoms with Crippen molar-refractivity contribution in [3.05, 3.63) is 46.7 Å². The molecule has 25 heavy (non-hydrogen) atoms. The summed E-state index contributed by atoms with van der Waals surface area (Å²) in [6, 6.07) is 9.50. The maximum absolute atomic E-state index is 11.5. The molecular formula is C17H20N2O5S. The molecule has 0 fully saturated rings. The van der Waals surface area contributed by atoms with Gasteiger partial charge in [-0.3, -0.25) is 9.59 Å². The second kappa shape index (κ2) is 8.72. The summed E-state index contributed by atoms with van der Waals surface area (Å²) < 4.78 is 5.35. The minimum absolute atomic E-state index is 0.0118. The zero-order valence-corrected chi connectivity index (χ0v) is 14.2. The van der Waals surface area contributed by atoms with Crippen LogP contribution in [-0.2, 0) is 20.9 Å². The molecular weight excluding hydrogens is 344 g/mol. The van der Waals surface area contributed by atoms with Crippen LogP contribution >= 0.6 is 11.3 Å². The van der Waals surface area contributed by atoms with E-state index in [1.807, 2.05) is 41.1 Å². The molecule has 3 atom stereocenters. The van der Waals surface area contributed by atoms with E-state index >= 15 is 0 Å². The fourth-order valence-electron chi connectivity index (χ4n) is 2.29. The number of amides is 2. The van der Waals surface area contributed by atoms with Crippen LogP contribution in [0, 0.1) is 0 Å². The predicted octanol–water partition coefficient (Wildman–Crippen LogP) is 0.383. The van der Waals surface area contributed by atoms with Crippen molar-refractivity contribution in [1.29, 1.82) is 0 Å². The third kappa shape index (κ3) is 5.36. The van der Waals surface area contributed by atoms with Gasteiger partial charge in [-0.1, -0.05) is 24.3 Å². The van der Waals surface area contributed by atoms with E-state index in [2.05, 4.69) is 0 Å². The van der Waals surface area contributed by atoms with Crippen molar-refractivity contribution in [2.75, 3.05) is 0 Å². The van der Waals surface area contributed by atoms with Crippen LogP contribution in [0.1, 0.15) is 12.0 Å².